The van der Waals surface area contributed by atoms with E-state index in [-0.39, 0.29) is 0 Å². The second-order valence-electron chi connectivity index (χ2n) is 5.55. The van der Waals surface area contributed by atoms with Gasteiger partial charge in [0, 0.05) is 13.1 Å². The van der Waals surface area contributed by atoms with Gasteiger partial charge in [-0.15, -0.1) is 0 Å². The normalized spacial score (nSPS) is 20.1. The highest BCUT2D eigenvalue weighted by molar-refractivity contribution is 4.78. The molecule has 1 rings (SSSR count). The van der Waals surface area contributed by atoms with Gasteiger partial charge in [-0.1, -0.05) is 6.92 Å². The molecule has 0 amide bonds. The Hall–Kier alpha value is -0.120. The van der Waals surface area contributed by atoms with Crippen molar-refractivity contribution in [2.45, 2.75) is 51.6 Å². The van der Waals surface area contributed by atoms with Gasteiger partial charge in [0.1, 0.15) is 0 Å². The highest BCUT2D eigenvalue weighted by atomic mass is 16.3. The van der Waals surface area contributed by atoms with Crippen molar-refractivity contribution in [2.24, 2.45) is 11.7 Å². The standard InChI is InChI=1S/C13H28N2O/c1-3-8-15(10-12-5-6-12)9-4-7-13(2,16)11-14/h12,16H,3-11,14H2,1-2H3. The first kappa shape index (κ1) is 13.9. The van der Waals surface area contributed by atoms with E-state index in [0.717, 1.165) is 25.3 Å². The molecule has 0 aromatic heterocycles. The molecule has 3 heteroatoms. The van der Waals surface area contributed by atoms with Gasteiger partial charge in [0.15, 0.2) is 0 Å². The van der Waals surface area contributed by atoms with Crippen LogP contribution in [0, 0.1) is 5.92 Å². The zero-order valence-corrected chi connectivity index (χ0v) is 10.9. The van der Waals surface area contributed by atoms with Crippen molar-refractivity contribution in [1.82, 2.24) is 4.90 Å². The van der Waals surface area contributed by atoms with E-state index in [9.17, 15) is 5.11 Å². The summed E-state index contributed by atoms with van der Waals surface area (Å²) in [6, 6.07) is 0. The van der Waals surface area contributed by atoms with Crippen LogP contribution >= 0.6 is 0 Å². The molecule has 3 nitrogen and oxygen atoms in total. The third-order valence-electron chi connectivity index (χ3n) is 3.38. The second kappa shape index (κ2) is 6.58. The van der Waals surface area contributed by atoms with Crippen LogP contribution in [0.1, 0.15) is 46.0 Å². The molecule has 0 aromatic carbocycles. The minimum absolute atomic E-state index is 0.364. The Kier molecular flexibility index (Phi) is 5.73. The summed E-state index contributed by atoms with van der Waals surface area (Å²) in [5.74, 6) is 0.960. The van der Waals surface area contributed by atoms with Crippen LogP contribution < -0.4 is 5.73 Å². The lowest BCUT2D eigenvalue weighted by atomic mass is 10.0. The van der Waals surface area contributed by atoms with Gasteiger partial charge in [0.25, 0.3) is 0 Å². The maximum Gasteiger partial charge on any atom is 0.0741 e. The van der Waals surface area contributed by atoms with Gasteiger partial charge in [0.05, 0.1) is 5.60 Å². The maximum absolute atomic E-state index is 9.82. The van der Waals surface area contributed by atoms with Crippen molar-refractivity contribution in [3.63, 3.8) is 0 Å². The Morgan fingerprint density at radius 1 is 1.38 bits per heavy atom. The highest BCUT2D eigenvalue weighted by Gasteiger charge is 2.24. The van der Waals surface area contributed by atoms with Crippen LogP contribution in [-0.2, 0) is 0 Å². The number of hydrogen-bond acceptors (Lipinski definition) is 3. The van der Waals surface area contributed by atoms with Crippen molar-refractivity contribution in [1.29, 1.82) is 0 Å². The molecular formula is C13H28N2O. The molecule has 1 aliphatic rings. The third kappa shape index (κ3) is 5.83. The van der Waals surface area contributed by atoms with Gasteiger partial charge in [-0.25, -0.2) is 0 Å². The first-order valence-corrected chi connectivity index (χ1v) is 6.72. The summed E-state index contributed by atoms with van der Waals surface area (Å²) in [6.45, 7) is 8.00. The Balaban J connectivity index is 2.15. The molecule has 1 fully saturated rings. The van der Waals surface area contributed by atoms with Crippen molar-refractivity contribution < 1.29 is 5.11 Å². The number of aliphatic hydroxyl groups is 1. The maximum atomic E-state index is 9.82. The average Bonchev–Trinajstić information content (AvgIpc) is 3.02. The number of nitrogens with two attached hydrogens (primary N) is 1. The minimum Gasteiger partial charge on any atom is -0.389 e. The molecule has 0 saturated heterocycles. The molecule has 0 bridgehead atoms. The van der Waals surface area contributed by atoms with Gasteiger partial charge >= 0.3 is 0 Å². The van der Waals surface area contributed by atoms with Crippen LogP contribution in [-0.4, -0.2) is 41.8 Å². The van der Waals surface area contributed by atoms with Crippen molar-refractivity contribution in [3.05, 3.63) is 0 Å². The molecule has 0 aliphatic heterocycles. The molecule has 1 unspecified atom stereocenters. The van der Waals surface area contributed by atoms with E-state index in [2.05, 4.69) is 11.8 Å². The topological polar surface area (TPSA) is 49.5 Å². The fourth-order valence-corrected chi connectivity index (χ4v) is 2.06. The summed E-state index contributed by atoms with van der Waals surface area (Å²) in [6.07, 6.45) is 5.92. The van der Waals surface area contributed by atoms with Crippen molar-refractivity contribution >= 4 is 0 Å². The summed E-state index contributed by atoms with van der Waals surface area (Å²) < 4.78 is 0. The molecule has 0 radical (unpaired) electrons. The predicted octanol–water partition coefficient (Wildman–Crippen LogP) is 1.60. The SMILES string of the molecule is CCCN(CCCC(C)(O)CN)CC1CC1. The smallest absolute Gasteiger partial charge is 0.0741 e. The summed E-state index contributed by atoms with van der Waals surface area (Å²) in [7, 11) is 0. The van der Waals surface area contributed by atoms with Gasteiger partial charge in [-0.2, -0.15) is 0 Å². The van der Waals surface area contributed by atoms with Crippen LogP contribution in [0.2, 0.25) is 0 Å². The Morgan fingerprint density at radius 2 is 2.06 bits per heavy atom. The highest BCUT2D eigenvalue weighted by Crippen LogP contribution is 2.29. The van der Waals surface area contributed by atoms with Crippen LogP contribution in [0.5, 0.6) is 0 Å². The first-order valence-electron chi connectivity index (χ1n) is 6.72. The van der Waals surface area contributed by atoms with E-state index in [4.69, 9.17) is 5.73 Å². The first-order chi connectivity index (χ1) is 7.57. The summed E-state index contributed by atoms with van der Waals surface area (Å²) >= 11 is 0. The van der Waals surface area contributed by atoms with Crippen LogP contribution in [0.15, 0.2) is 0 Å². The summed E-state index contributed by atoms with van der Waals surface area (Å²) in [4.78, 5) is 2.55. The fourth-order valence-electron chi connectivity index (χ4n) is 2.06. The quantitative estimate of drug-likeness (QED) is 0.630. The van der Waals surface area contributed by atoms with E-state index in [1.54, 1.807) is 0 Å². The fraction of sp³-hybridized carbons (Fsp3) is 1.00. The van der Waals surface area contributed by atoms with E-state index in [1.165, 1.54) is 32.4 Å². The Labute approximate surface area is 100 Å². The van der Waals surface area contributed by atoms with Gasteiger partial charge in [-0.05, 0) is 58.0 Å². The molecule has 1 atom stereocenters. The lowest BCUT2D eigenvalue weighted by Gasteiger charge is -2.25. The molecule has 0 spiro atoms. The lowest BCUT2D eigenvalue weighted by Crippen LogP contribution is -2.36. The second-order valence-corrected chi connectivity index (χ2v) is 5.55. The van der Waals surface area contributed by atoms with E-state index < -0.39 is 5.60 Å². The lowest BCUT2D eigenvalue weighted by molar-refractivity contribution is 0.0542. The van der Waals surface area contributed by atoms with E-state index in [0.29, 0.717) is 6.54 Å². The van der Waals surface area contributed by atoms with Crippen LogP contribution in [0.3, 0.4) is 0 Å². The van der Waals surface area contributed by atoms with Gasteiger partial charge in [0.2, 0.25) is 0 Å². The number of hydrogen-bond donors (Lipinski definition) is 2. The third-order valence-corrected chi connectivity index (χ3v) is 3.38. The molecule has 16 heavy (non-hydrogen) atoms. The van der Waals surface area contributed by atoms with Crippen LogP contribution in [0.25, 0.3) is 0 Å². The average molecular weight is 228 g/mol. The summed E-state index contributed by atoms with van der Waals surface area (Å²) in [5.41, 5.74) is 4.84. The minimum atomic E-state index is -0.669. The van der Waals surface area contributed by atoms with E-state index in [1.807, 2.05) is 6.92 Å². The number of rotatable bonds is 9. The summed E-state index contributed by atoms with van der Waals surface area (Å²) in [5, 5.41) is 9.82. The van der Waals surface area contributed by atoms with Crippen LogP contribution in [0.4, 0.5) is 0 Å². The number of nitrogens with zero attached hydrogens (tertiary/aromatic N) is 1. The largest absolute Gasteiger partial charge is 0.389 e. The zero-order chi connectivity index (χ0) is 12.0. The molecule has 96 valence electrons. The molecule has 1 aliphatic carbocycles. The zero-order valence-electron chi connectivity index (χ0n) is 10.9. The van der Waals surface area contributed by atoms with Gasteiger partial charge < -0.3 is 15.7 Å². The van der Waals surface area contributed by atoms with Gasteiger partial charge in [-0.3, -0.25) is 0 Å². The predicted molar refractivity (Wildman–Crippen MR) is 68.4 cm³/mol. The molecule has 1 saturated carbocycles. The molecule has 0 aromatic rings. The Morgan fingerprint density at radius 3 is 2.56 bits per heavy atom. The monoisotopic (exact) mass is 228 g/mol. The van der Waals surface area contributed by atoms with Crippen molar-refractivity contribution in [2.75, 3.05) is 26.2 Å². The van der Waals surface area contributed by atoms with E-state index >= 15 is 0 Å². The molecular weight excluding hydrogens is 200 g/mol. The Bertz CT molecular complexity index is 190. The molecule has 3 N–H and O–H groups in total. The molecule has 0 heterocycles. The van der Waals surface area contributed by atoms with Crippen molar-refractivity contribution in [3.8, 4) is 0 Å².